The zero-order valence-electron chi connectivity index (χ0n) is 10.3. The van der Waals surface area contributed by atoms with Crippen molar-refractivity contribution in [3.63, 3.8) is 0 Å². The number of fused-ring (bicyclic) bond motifs is 1. The average molecular weight is 267 g/mol. The van der Waals surface area contributed by atoms with Crippen LogP contribution in [-0.4, -0.2) is 15.7 Å². The maximum absolute atomic E-state index is 12.5. The third-order valence-electron chi connectivity index (χ3n) is 2.76. The molecular formula is C13H12F3N3. The number of benzene rings is 1. The number of nitriles is 1. The van der Waals surface area contributed by atoms with Gasteiger partial charge in [-0.1, -0.05) is 6.92 Å². The Morgan fingerprint density at radius 2 is 2.11 bits per heavy atom. The molecule has 3 nitrogen and oxygen atoms in total. The van der Waals surface area contributed by atoms with Gasteiger partial charge < -0.3 is 4.57 Å². The largest absolute Gasteiger partial charge is 0.396 e. The number of aromatic nitrogens is 2. The fraction of sp³-hybridized carbons (Fsp3) is 0.385. The normalized spacial score (nSPS) is 11.7. The SMILES string of the molecule is CCCn1c(CC(F)(F)F)nc2cc(C#N)ccc21. The van der Waals surface area contributed by atoms with Gasteiger partial charge in [-0.2, -0.15) is 18.4 Å². The van der Waals surface area contributed by atoms with Crippen LogP contribution < -0.4 is 0 Å². The summed E-state index contributed by atoms with van der Waals surface area (Å²) in [5.74, 6) is -0.000519. The van der Waals surface area contributed by atoms with Gasteiger partial charge in [0.2, 0.25) is 0 Å². The van der Waals surface area contributed by atoms with Crippen LogP contribution in [0, 0.1) is 11.3 Å². The molecular weight excluding hydrogens is 255 g/mol. The van der Waals surface area contributed by atoms with Crippen molar-refractivity contribution in [2.45, 2.75) is 32.5 Å². The molecule has 0 aliphatic heterocycles. The summed E-state index contributed by atoms with van der Waals surface area (Å²) in [5, 5.41) is 8.80. The number of hydrogen-bond donors (Lipinski definition) is 0. The Labute approximate surface area is 108 Å². The van der Waals surface area contributed by atoms with Gasteiger partial charge in [-0.05, 0) is 24.6 Å². The van der Waals surface area contributed by atoms with E-state index >= 15 is 0 Å². The van der Waals surface area contributed by atoms with Crippen molar-refractivity contribution in [3.05, 3.63) is 29.6 Å². The van der Waals surface area contributed by atoms with Crippen molar-refractivity contribution < 1.29 is 13.2 Å². The van der Waals surface area contributed by atoms with Gasteiger partial charge in [-0.25, -0.2) is 4.98 Å². The number of hydrogen-bond acceptors (Lipinski definition) is 2. The number of alkyl halides is 3. The van der Waals surface area contributed by atoms with E-state index in [0.717, 1.165) is 6.42 Å². The van der Waals surface area contributed by atoms with Crippen molar-refractivity contribution in [1.82, 2.24) is 9.55 Å². The van der Waals surface area contributed by atoms with E-state index in [1.807, 2.05) is 13.0 Å². The van der Waals surface area contributed by atoms with E-state index in [0.29, 0.717) is 23.1 Å². The first-order chi connectivity index (χ1) is 8.94. The van der Waals surface area contributed by atoms with Gasteiger partial charge in [-0.3, -0.25) is 0 Å². The first-order valence-electron chi connectivity index (χ1n) is 5.90. The fourth-order valence-corrected chi connectivity index (χ4v) is 2.04. The molecule has 0 bridgehead atoms. The lowest BCUT2D eigenvalue weighted by atomic mass is 10.2. The Morgan fingerprint density at radius 3 is 2.68 bits per heavy atom. The van der Waals surface area contributed by atoms with E-state index in [4.69, 9.17) is 5.26 Å². The molecule has 1 aromatic carbocycles. The minimum Gasteiger partial charge on any atom is -0.328 e. The van der Waals surface area contributed by atoms with E-state index in [2.05, 4.69) is 4.98 Å². The van der Waals surface area contributed by atoms with Crippen LogP contribution in [-0.2, 0) is 13.0 Å². The van der Waals surface area contributed by atoms with Gasteiger partial charge in [0.25, 0.3) is 0 Å². The molecule has 2 aromatic rings. The lowest BCUT2D eigenvalue weighted by Crippen LogP contribution is -2.16. The molecule has 0 amide bonds. The summed E-state index contributed by atoms with van der Waals surface area (Å²) in [6.45, 7) is 2.38. The smallest absolute Gasteiger partial charge is 0.328 e. The van der Waals surface area contributed by atoms with Crippen molar-refractivity contribution in [2.24, 2.45) is 0 Å². The topological polar surface area (TPSA) is 41.6 Å². The molecule has 0 N–H and O–H groups in total. The molecule has 0 unspecified atom stereocenters. The Morgan fingerprint density at radius 1 is 1.37 bits per heavy atom. The third kappa shape index (κ3) is 2.87. The predicted octanol–water partition coefficient (Wildman–Crippen LogP) is 3.42. The summed E-state index contributed by atoms with van der Waals surface area (Å²) in [6, 6.07) is 6.71. The van der Waals surface area contributed by atoms with E-state index in [9.17, 15) is 13.2 Å². The molecule has 1 heterocycles. The Bertz CT molecular complexity index is 635. The molecule has 1 aromatic heterocycles. The third-order valence-corrected chi connectivity index (χ3v) is 2.76. The average Bonchev–Trinajstić information content (AvgIpc) is 2.64. The Balaban J connectivity index is 2.56. The molecule has 0 saturated carbocycles. The monoisotopic (exact) mass is 267 g/mol. The van der Waals surface area contributed by atoms with Gasteiger partial charge in [0.05, 0.1) is 22.7 Å². The van der Waals surface area contributed by atoms with E-state index in [-0.39, 0.29) is 5.82 Å². The number of nitrogens with zero attached hydrogens (tertiary/aromatic N) is 3. The summed E-state index contributed by atoms with van der Waals surface area (Å²) >= 11 is 0. The molecule has 0 saturated heterocycles. The zero-order chi connectivity index (χ0) is 14.0. The highest BCUT2D eigenvalue weighted by Gasteiger charge is 2.30. The van der Waals surface area contributed by atoms with Crippen LogP contribution >= 0.6 is 0 Å². The maximum Gasteiger partial charge on any atom is 0.396 e. The summed E-state index contributed by atoms with van der Waals surface area (Å²) in [7, 11) is 0. The molecule has 6 heteroatoms. The number of aryl methyl sites for hydroxylation is 1. The molecule has 100 valence electrons. The van der Waals surface area contributed by atoms with Crippen LogP contribution in [0.15, 0.2) is 18.2 Å². The second-order valence-electron chi connectivity index (χ2n) is 4.29. The number of halogens is 3. The highest BCUT2D eigenvalue weighted by Crippen LogP contribution is 2.25. The minimum absolute atomic E-state index is 0.000519. The van der Waals surface area contributed by atoms with E-state index in [1.165, 1.54) is 6.07 Å². The molecule has 0 aliphatic rings. The highest BCUT2D eigenvalue weighted by atomic mass is 19.4. The Kier molecular flexibility index (Phi) is 3.47. The van der Waals surface area contributed by atoms with Crippen LogP contribution in [0.5, 0.6) is 0 Å². The van der Waals surface area contributed by atoms with Crippen LogP contribution in [0.3, 0.4) is 0 Å². The highest BCUT2D eigenvalue weighted by molar-refractivity contribution is 5.77. The predicted molar refractivity (Wildman–Crippen MR) is 64.5 cm³/mol. The Hall–Kier alpha value is -2.03. The van der Waals surface area contributed by atoms with Gasteiger partial charge in [0, 0.05) is 6.54 Å². The molecule has 2 rings (SSSR count). The first kappa shape index (κ1) is 13.4. The van der Waals surface area contributed by atoms with Gasteiger partial charge in [-0.15, -0.1) is 0 Å². The molecule has 0 atom stereocenters. The van der Waals surface area contributed by atoms with Crippen molar-refractivity contribution in [2.75, 3.05) is 0 Å². The molecule has 0 radical (unpaired) electrons. The lowest BCUT2D eigenvalue weighted by molar-refractivity contribution is -0.128. The summed E-state index contributed by atoms with van der Waals surface area (Å²) in [6.07, 6.45) is -4.62. The van der Waals surface area contributed by atoms with Crippen LogP contribution in [0.4, 0.5) is 13.2 Å². The second kappa shape index (κ2) is 4.92. The number of imidazole rings is 1. The molecule has 0 aliphatic carbocycles. The van der Waals surface area contributed by atoms with Gasteiger partial charge in [0.15, 0.2) is 0 Å². The van der Waals surface area contributed by atoms with E-state index in [1.54, 1.807) is 16.7 Å². The standard InChI is InChI=1S/C13H12F3N3/c1-2-5-19-11-4-3-9(8-17)6-10(11)18-12(19)7-13(14,15)16/h3-4,6H,2,5,7H2,1H3. The lowest BCUT2D eigenvalue weighted by Gasteiger charge is -2.09. The zero-order valence-corrected chi connectivity index (χ0v) is 10.3. The van der Waals surface area contributed by atoms with Crippen LogP contribution in [0.1, 0.15) is 24.7 Å². The molecule has 19 heavy (non-hydrogen) atoms. The first-order valence-corrected chi connectivity index (χ1v) is 5.90. The second-order valence-corrected chi connectivity index (χ2v) is 4.29. The minimum atomic E-state index is -4.29. The fourth-order valence-electron chi connectivity index (χ4n) is 2.04. The van der Waals surface area contributed by atoms with Crippen LogP contribution in [0.25, 0.3) is 11.0 Å². The molecule has 0 fully saturated rings. The van der Waals surface area contributed by atoms with Crippen molar-refractivity contribution >= 4 is 11.0 Å². The van der Waals surface area contributed by atoms with Crippen molar-refractivity contribution in [3.8, 4) is 6.07 Å². The number of rotatable bonds is 3. The summed E-state index contributed by atoms with van der Waals surface area (Å²) < 4.78 is 39.2. The van der Waals surface area contributed by atoms with Crippen molar-refractivity contribution in [1.29, 1.82) is 5.26 Å². The van der Waals surface area contributed by atoms with Crippen LogP contribution in [0.2, 0.25) is 0 Å². The summed E-state index contributed by atoms with van der Waals surface area (Å²) in [5.41, 5.74) is 1.47. The van der Waals surface area contributed by atoms with Gasteiger partial charge in [0.1, 0.15) is 12.2 Å². The van der Waals surface area contributed by atoms with Gasteiger partial charge >= 0.3 is 6.18 Å². The van der Waals surface area contributed by atoms with E-state index < -0.39 is 12.6 Å². The molecule has 0 spiro atoms. The maximum atomic E-state index is 12.5. The summed E-state index contributed by atoms with van der Waals surface area (Å²) in [4.78, 5) is 4.02. The quantitative estimate of drug-likeness (QED) is 0.855.